The molecule has 0 amide bonds. The van der Waals surface area contributed by atoms with E-state index in [1.807, 2.05) is 0 Å². The molecule has 0 radical (unpaired) electrons. The summed E-state index contributed by atoms with van der Waals surface area (Å²) < 4.78 is 16.7. The van der Waals surface area contributed by atoms with Crippen molar-refractivity contribution < 1.29 is 54.8 Å². The lowest BCUT2D eigenvalue weighted by atomic mass is 9.96. The highest BCUT2D eigenvalue weighted by atomic mass is 32.2. The fourth-order valence-corrected chi connectivity index (χ4v) is 5.71. The number of hydroxylamine groups is 2. The Morgan fingerprint density at radius 2 is 1.46 bits per heavy atom. The van der Waals surface area contributed by atoms with E-state index in [0.29, 0.717) is 13.1 Å². The maximum absolute atomic E-state index is 10.8. The lowest BCUT2D eigenvalue weighted by Gasteiger charge is -2.47. The van der Waals surface area contributed by atoms with Gasteiger partial charge in [-0.15, -0.1) is 0 Å². The lowest BCUT2D eigenvalue weighted by molar-refractivity contribution is -0.366. The molecule has 9 N–H and O–H groups in total. The first kappa shape index (κ1) is 31.4. The molecule has 15 heteroatoms. The zero-order valence-electron chi connectivity index (χ0n) is 19.7. The Morgan fingerprint density at radius 3 is 2.06 bits per heavy atom. The van der Waals surface area contributed by atoms with Crippen LogP contribution in [0.3, 0.4) is 0 Å². The van der Waals surface area contributed by atoms with Crippen LogP contribution in [0, 0.1) is 0 Å². The van der Waals surface area contributed by atoms with Crippen LogP contribution in [0.15, 0.2) is 0 Å². The molecular weight excluding hydrogens is 508 g/mol. The minimum Gasteiger partial charge on any atom is -0.394 e. The van der Waals surface area contributed by atoms with E-state index >= 15 is 0 Å². The minimum absolute atomic E-state index is 0.393. The second-order valence-corrected chi connectivity index (χ2v) is 10.7. The molecule has 0 spiro atoms. The number of aliphatic hydroxyl groups excluding tert-OH is 7. The number of nitrogens with zero attached hydrogens (tertiary/aromatic N) is 1. The first-order valence-electron chi connectivity index (χ1n) is 11.5. The van der Waals surface area contributed by atoms with Crippen LogP contribution >= 0.6 is 23.5 Å². The molecule has 0 aromatic carbocycles. The van der Waals surface area contributed by atoms with Gasteiger partial charge in [0, 0.05) is 30.3 Å². The summed E-state index contributed by atoms with van der Waals surface area (Å²) in [5, 5.41) is 72.2. The number of nitrogens with two attached hydrogens (primary N) is 1. The zero-order chi connectivity index (χ0) is 26.0. The Morgan fingerprint density at radius 1 is 0.800 bits per heavy atom. The molecule has 0 aliphatic carbocycles. The predicted octanol–water partition coefficient (Wildman–Crippen LogP) is -3.71. The molecule has 2 rings (SSSR count). The second kappa shape index (κ2) is 16.2. The minimum atomic E-state index is -1.71. The van der Waals surface area contributed by atoms with Crippen molar-refractivity contribution in [2.75, 3.05) is 56.4 Å². The van der Waals surface area contributed by atoms with Crippen molar-refractivity contribution >= 4 is 23.5 Å². The molecule has 2 saturated heterocycles. The molecule has 13 nitrogen and oxygen atoms in total. The summed E-state index contributed by atoms with van der Waals surface area (Å²) in [5.41, 5.74) is 5.47. The fourth-order valence-electron chi connectivity index (χ4n) is 3.86. The third kappa shape index (κ3) is 8.59. The Bertz CT molecular complexity index is 583. The van der Waals surface area contributed by atoms with Gasteiger partial charge in [-0.3, -0.25) is 4.84 Å². The molecule has 2 aliphatic heterocycles. The monoisotopic (exact) mass is 548 g/mol. The first-order valence-corrected chi connectivity index (χ1v) is 13.9. The Hall–Kier alpha value is 0.180. The fraction of sp³-hybridized carbons (Fsp3) is 1.00. The van der Waals surface area contributed by atoms with Crippen molar-refractivity contribution in [1.29, 1.82) is 0 Å². The van der Waals surface area contributed by atoms with Crippen molar-refractivity contribution in [2.24, 2.45) is 5.73 Å². The van der Waals surface area contributed by atoms with Gasteiger partial charge in [-0.1, -0.05) is 0 Å². The largest absolute Gasteiger partial charge is 0.394 e. The molecule has 0 saturated carbocycles. The van der Waals surface area contributed by atoms with Crippen LogP contribution in [0.5, 0.6) is 0 Å². The average Bonchev–Trinajstić information content (AvgIpc) is 2.86. The van der Waals surface area contributed by atoms with Crippen LogP contribution in [-0.2, 0) is 19.0 Å². The summed E-state index contributed by atoms with van der Waals surface area (Å²) in [7, 11) is 1.41. The second-order valence-electron chi connectivity index (χ2n) is 8.22. The number of thioether (sulfide) groups is 2. The normalized spacial score (nSPS) is 38.2. The molecule has 0 aromatic rings. The van der Waals surface area contributed by atoms with E-state index < -0.39 is 74.6 Å². The molecular formula is C20H40N2O11S2. The van der Waals surface area contributed by atoms with Gasteiger partial charge in [-0.05, 0) is 12.2 Å². The molecule has 208 valence electrons. The van der Waals surface area contributed by atoms with Gasteiger partial charge in [0.1, 0.15) is 48.8 Å². The van der Waals surface area contributed by atoms with Crippen molar-refractivity contribution in [2.45, 2.75) is 67.8 Å². The standard InChI is InChI=1S/C20H40N2O11S2/c1-30-22(4-2-5-34-7-8-35-6-3-21)19-16(28)15(27)18(12(10-24)31-19)33-20-17(29)14(26)13(25)11(9-23)32-20/h11-20,23-29H,2-10,21H2,1H3/t11?,12-,13+,14?,15?,16?,17?,18-,19-,20+/m1/s1. The van der Waals surface area contributed by atoms with Crippen LogP contribution in [0.1, 0.15) is 6.42 Å². The van der Waals surface area contributed by atoms with Crippen molar-refractivity contribution in [1.82, 2.24) is 5.06 Å². The molecule has 0 bridgehead atoms. The number of hydrogen-bond acceptors (Lipinski definition) is 15. The van der Waals surface area contributed by atoms with Gasteiger partial charge in [0.05, 0.1) is 20.3 Å². The van der Waals surface area contributed by atoms with Crippen LogP contribution in [0.25, 0.3) is 0 Å². The van der Waals surface area contributed by atoms with Crippen molar-refractivity contribution in [3.05, 3.63) is 0 Å². The van der Waals surface area contributed by atoms with E-state index in [-0.39, 0.29) is 0 Å². The van der Waals surface area contributed by atoms with Crippen LogP contribution in [0.2, 0.25) is 0 Å². The SMILES string of the molecule is CON(CCCSCCSCCN)[C@@H]1O[C@H](CO)[C@@H](O[C@@H]2OC(CO)[C@H](O)C(O)C2O)C(O)C1O. The van der Waals surface area contributed by atoms with Gasteiger partial charge in [0.2, 0.25) is 0 Å². The first-order chi connectivity index (χ1) is 16.8. The molecule has 0 aromatic heterocycles. The summed E-state index contributed by atoms with van der Waals surface area (Å²) in [6.07, 6.45) is -13.7. The highest BCUT2D eigenvalue weighted by molar-refractivity contribution is 8.02. The quantitative estimate of drug-likeness (QED) is 0.0731. The van der Waals surface area contributed by atoms with Crippen LogP contribution in [-0.4, -0.2) is 159 Å². The smallest absolute Gasteiger partial charge is 0.187 e. The van der Waals surface area contributed by atoms with Gasteiger partial charge < -0.3 is 55.7 Å². The van der Waals surface area contributed by atoms with Gasteiger partial charge in [-0.25, -0.2) is 0 Å². The topological polar surface area (TPSA) is 208 Å². The molecule has 5 unspecified atom stereocenters. The number of hydrogen-bond donors (Lipinski definition) is 8. The van der Waals surface area contributed by atoms with Crippen molar-refractivity contribution in [3.8, 4) is 0 Å². The van der Waals surface area contributed by atoms with E-state index in [4.69, 9.17) is 24.8 Å². The maximum atomic E-state index is 10.8. The van der Waals surface area contributed by atoms with Crippen LogP contribution < -0.4 is 5.73 Å². The van der Waals surface area contributed by atoms with E-state index in [9.17, 15) is 35.7 Å². The number of aliphatic hydroxyl groups is 7. The van der Waals surface area contributed by atoms with E-state index in [1.165, 1.54) is 12.2 Å². The molecule has 2 aliphatic rings. The lowest BCUT2D eigenvalue weighted by Crippen LogP contribution is -2.66. The van der Waals surface area contributed by atoms with E-state index in [1.54, 1.807) is 23.5 Å². The van der Waals surface area contributed by atoms with Gasteiger partial charge in [0.25, 0.3) is 0 Å². The highest BCUT2D eigenvalue weighted by Gasteiger charge is 2.51. The zero-order valence-corrected chi connectivity index (χ0v) is 21.4. The molecule has 2 heterocycles. The average molecular weight is 549 g/mol. The molecule has 35 heavy (non-hydrogen) atoms. The van der Waals surface area contributed by atoms with E-state index in [2.05, 4.69) is 0 Å². The summed E-state index contributed by atoms with van der Waals surface area (Å²) in [6, 6.07) is 0. The molecule has 2 fully saturated rings. The third-order valence-corrected chi connectivity index (χ3v) is 8.14. The Kier molecular flexibility index (Phi) is 14.5. The predicted molar refractivity (Wildman–Crippen MR) is 128 cm³/mol. The third-order valence-electron chi connectivity index (χ3n) is 5.80. The number of rotatable bonds is 15. The Labute approximate surface area is 213 Å². The summed E-state index contributed by atoms with van der Waals surface area (Å²) in [6.45, 7) is -0.201. The number of ether oxygens (including phenoxy) is 3. The maximum Gasteiger partial charge on any atom is 0.187 e. The van der Waals surface area contributed by atoms with Crippen molar-refractivity contribution in [3.63, 3.8) is 0 Å². The van der Waals surface area contributed by atoms with Gasteiger partial charge in [-0.2, -0.15) is 28.6 Å². The summed E-state index contributed by atoms with van der Waals surface area (Å²) >= 11 is 3.58. The van der Waals surface area contributed by atoms with E-state index in [0.717, 1.165) is 29.4 Å². The highest BCUT2D eigenvalue weighted by Crippen LogP contribution is 2.30. The van der Waals surface area contributed by atoms with Crippen LogP contribution in [0.4, 0.5) is 0 Å². The summed E-state index contributed by atoms with van der Waals surface area (Å²) in [4.78, 5) is 5.35. The molecule has 10 atom stereocenters. The summed E-state index contributed by atoms with van der Waals surface area (Å²) in [5.74, 6) is 3.79. The van der Waals surface area contributed by atoms with Gasteiger partial charge >= 0.3 is 0 Å². The van der Waals surface area contributed by atoms with Gasteiger partial charge in [0.15, 0.2) is 12.5 Å². The Balaban J connectivity index is 1.93.